The van der Waals surface area contributed by atoms with Gasteiger partial charge in [-0.1, -0.05) is 35.0 Å². The summed E-state index contributed by atoms with van der Waals surface area (Å²) in [6.07, 6.45) is 2.75. The molecule has 5 heterocycles. The molecule has 1 aromatic carbocycles. The van der Waals surface area contributed by atoms with Crippen molar-refractivity contribution >= 4 is 5.91 Å². The molecule has 4 saturated heterocycles. The highest BCUT2D eigenvalue weighted by Crippen LogP contribution is 2.46. The minimum absolute atomic E-state index is 0.185. The molecule has 0 spiro atoms. The first-order valence-electron chi connectivity index (χ1n) is 10.1. The Morgan fingerprint density at radius 2 is 1.89 bits per heavy atom. The van der Waals surface area contributed by atoms with Crippen LogP contribution in [0.25, 0.3) is 0 Å². The SMILES string of the molecule is Cc1ccc([C@H]2CN(C(=O)Cc3cc(C)no3)[C@@H]3C4CCN(CC4)[C@H]23)cc1. The normalized spacial score (nSPS) is 31.9. The number of carbonyl (C=O) groups is 1. The van der Waals surface area contributed by atoms with Gasteiger partial charge in [-0.05, 0) is 51.3 Å². The van der Waals surface area contributed by atoms with E-state index in [0.29, 0.717) is 36.1 Å². The van der Waals surface area contributed by atoms with Crippen molar-refractivity contribution in [2.75, 3.05) is 19.6 Å². The van der Waals surface area contributed by atoms with Crippen LogP contribution in [0.15, 0.2) is 34.9 Å². The predicted octanol–water partition coefficient (Wildman–Crippen LogP) is 2.92. The largest absolute Gasteiger partial charge is 0.361 e. The van der Waals surface area contributed by atoms with E-state index in [1.165, 1.54) is 37.1 Å². The Labute approximate surface area is 160 Å². The third kappa shape index (κ3) is 2.89. The topological polar surface area (TPSA) is 49.6 Å². The Hall–Kier alpha value is -2.14. The van der Waals surface area contributed by atoms with Crippen LogP contribution in [-0.2, 0) is 11.2 Å². The van der Waals surface area contributed by atoms with Gasteiger partial charge in [0.05, 0.1) is 18.2 Å². The number of hydrogen-bond donors (Lipinski definition) is 0. The van der Waals surface area contributed by atoms with Gasteiger partial charge in [0.15, 0.2) is 0 Å². The number of rotatable bonds is 3. The van der Waals surface area contributed by atoms with Crippen LogP contribution in [0.4, 0.5) is 0 Å². The van der Waals surface area contributed by atoms with Gasteiger partial charge in [-0.2, -0.15) is 0 Å². The average molecular weight is 365 g/mol. The summed E-state index contributed by atoms with van der Waals surface area (Å²) in [5, 5.41) is 3.93. The summed E-state index contributed by atoms with van der Waals surface area (Å²) in [5.41, 5.74) is 3.49. The zero-order chi connectivity index (χ0) is 18.5. The predicted molar refractivity (Wildman–Crippen MR) is 102 cm³/mol. The third-order valence-electron chi connectivity index (χ3n) is 6.82. The fourth-order valence-electron chi connectivity index (χ4n) is 5.56. The van der Waals surface area contributed by atoms with Crippen molar-refractivity contribution in [1.82, 2.24) is 15.0 Å². The maximum atomic E-state index is 13.2. The highest BCUT2D eigenvalue weighted by molar-refractivity contribution is 5.79. The summed E-state index contributed by atoms with van der Waals surface area (Å²) in [5.74, 6) is 1.90. The minimum Gasteiger partial charge on any atom is -0.361 e. The summed E-state index contributed by atoms with van der Waals surface area (Å²) in [6.45, 7) is 7.19. The number of aryl methyl sites for hydroxylation is 2. The number of amides is 1. The second-order valence-electron chi connectivity index (χ2n) is 8.53. The van der Waals surface area contributed by atoms with E-state index < -0.39 is 0 Å². The Kier molecular flexibility index (Phi) is 4.08. The molecule has 0 N–H and O–H groups in total. The molecule has 0 saturated carbocycles. The van der Waals surface area contributed by atoms with Gasteiger partial charge in [0.1, 0.15) is 5.76 Å². The van der Waals surface area contributed by atoms with E-state index in [1.807, 2.05) is 13.0 Å². The first-order valence-corrected chi connectivity index (χ1v) is 10.1. The van der Waals surface area contributed by atoms with E-state index in [0.717, 1.165) is 12.2 Å². The number of nitrogens with zero attached hydrogens (tertiary/aromatic N) is 3. The lowest BCUT2D eigenvalue weighted by molar-refractivity contribution is -0.135. The zero-order valence-corrected chi connectivity index (χ0v) is 16.1. The molecule has 0 radical (unpaired) electrons. The molecule has 4 aliphatic heterocycles. The monoisotopic (exact) mass is 365 g/mol. The molecule has 5 heteroatoms. The quantitative estimate of drug-likeness (QED) is 0.839. The van der Waals surface area contributed by atoms with E-state index in [-0.39, 0.29) is 5.91 Å². The first-order chi connectivity index (χ1) is 13.1. The van der Waals surface area contributed by atoms with Crippen LogP contribution in [0, 0.1) is 19.8 Å². The van der Waals surface area contributed by atoms with Crippen LogP contribution in [0.3, 0.4) is 0 Å². The molecule has 4 fully saturated rings. The van der Waals surface area contributed by atoms with Crippen LogP contribution in [0.5, 0.6) is 0 Å². The summed E-state index contributed by atoms with van der Waals surface area (Å²) < 4.78 is 5.31. The van der Waals surface area contributed by atoms with Crippen LogP contribution in [0.2, 0.25) is 0 Å². The van der Waals surface area contributed by atoms with Gasteiger partial charge in [-0.15, -0.1) is 0 Å². The average Bonchev–Trinajstić information content (AvgIpc) is 3.28. The Morgan fingerprint density at radius 1 is 1.15 bits per heavy atom. The Morgan fingerprint density at radius 3 is 2.56 bits per heavy atom. The molecule has 142 valence electrons. The molecule has 1 amide bonds. The summed E-state index contributed by atoms with van der Waals surface area (Å²) in [4.78, 5) is 18.0. The summed E-state index contributed by atoms with van der Waals surface area (Å²) >= 11 is 0. The van der Waals surface area contributed by atoms with Crippen molar-refractivity contribution in [1.29, 1.82) is 0 Å². The van der Waals surface area contributed by atoms with Gasteiger partial charge in [0.25, 0.3) is 0 Å². The van der Waals surface area contributed by atoms with Gasteiger partial charge in [0.2, 0.25) is 5.91 Å². The van der Waals surface area contributed by atoms with Crippen molar-refractivity contribution in [3.8, 4) is 0 Å². The molecule has 2 bridgehead atoms. The summed E-state index contributed by atoms with van der Waals surface area (Å²) in [7, 11) is 0. The second kappa shape index (κ2) is 6.48. The number of likely N-dealkylation sites (tertiary alicyclic amines) is 1. The minimum atomic E-state index is 0.185. The van der Waals surface area contributed by atoms with Crippen molar-refractivity contribution in [3.05, 3.63) is 52.9 Å². The first kappa shape index (κ1) is 17.0. The van der Waals surface area contributed by atoms with Gasteiger partial charge in [-0.25, -0.2) is 0 Å². The maximum absolute atomic E-state index is 13.2. The van der Waals surface area contributed by atoms with E-state index in [9.17, 15) is 4.79 Å². The number of hydrogen-bond acceptors (Lipinski definition) is 4. The standard InChI is InChI=1S/C22H27N3O2/c1-14-3-5-16(6-4-14)19-13-25(20(26)12-18-11-15(2)23-27-18)21-17-7-9-24(10-8-17)22(19)21/h3-6,11,17,19,21-22H,7-10,12-13H2,1-2H3/t19-,21-,22-/m1/s1. The molecule has 3 atom stereocenters. The molecular formula is C22H27N3O2. The Bertz CT molecular complexity index is 835. The van der Waals surface area contributed by atoms with E-state index in [2.05, 4.69) is 46.1 Å². The van der Waals surface area contributed by atoms with Gasteiger partial charge < -0.3 is 9.42 Å². The highest BCUT2D eigenvalue weighted by Gasteiger charge is 2.54. The molecule has 2 aromatic rings. The van der Waals surface area contributed by atoms with Gasteiger partial charge >= 0.3 is 0 Å². The van der Waals surface area contributed by atoms with Crippen molar-refractivity contribution < 1.29 is 9.32 Å². The molecule has 27 heavy (non-hydrogen) atoms. The molecular weight excluding hydrogens is 338 g/mol. The molecule has 0 unspecified atom stereocenters. The van der Waals surface area contributed by atoms with Crippen LogP contribution in [0.1, 0.15) is 41.3 Å². The number of fused-ring (bicyclic) bond motifs is 2. The number of aromatic nitrogens is 1. The van der Waals surface area contributed by atoms with Gasteiger partial charge in [-0.3, -0.25) is 9.69 Å². The summed E-state index contributed by atoms with van der Waals surface area (Å²) in [6, 6.07) is 11.6. The lowest BCUT2D eigenvalue weighted by atomic mass is 9.75. The highest BCUT2D eigenvalue weighted by atomic mass is 16.5. The number of carbonyl (C=O) groups excluding carboxylic acids is 1. The molecule has 6 rings (SSSR count). The lowest BCUT2D eigenvalue weighted by Gasteiger charge is -2.51. The molecule has 5 nitrogen and oxygen atoms in total. The van der Waals surface area contributed by atoms with Crippen molar-refractivity contribution in [3.63, 3.8) is 0 Å². The van der Waals surface area contributed by atoms with E-state index >= 15 is 0 Å². The fourth-order valence-corrected chi connectivity index (χ4v) is 5.56. The smallest absolute Gasteiger partial charge is 0.230 e. The molecule has 1 aromatic heterocycles. The van der Waals surface area contributed by atoms with Crippen LogP contribution in [-0.4, -0.2) is 52.6 Å². The van der Waals surface area contributed by atoms with Gasteiger partial charge in [0, 0.05) is 24.6 Å². The second-order valence-corrected chi connectivity index (χ2v) is 8.53. The Balaban J connectivity index is 1.45. The molecule has 4 aliphatic rings. The molecule has 0 aliphatic carbocycles. The van der Waals surface area contributed by atoms with Crippen molar-refractivity contribution in [2.24, 2.45) is 5.92 Å². The maximum Gasteiger partial charge on any atom is 0.230 e. The van der Waals surface area contributed by atoms with Crippen molar-refractivity contribution in [2.45, 2.75) is 51.1 Å². The fraction of sp³-hybridized carbons (Fsp3) is 0.545. The number of piperidine rings is 3. The number of benzene rings is 1. The van der Waals surface area contributed by atoms with E-state index in [1.54, 1.807) is 0 Å². The lowest BCUT2D eigenvalue weighted by Crippen LogP contribution is -2.60. The zero-order valence-electron chi connectivity index (χ0n) is 16.1. The van der Waals surface area contributed by atoms with Crippen LogP contribution < -0.4 is 0 Å². The third-order valence-corrected chi connectivity index (χ3v) is 6.82. The van der Waals surface area contributed by atoms with E-state index in [4.69, 9.17) is 4.52 Å². The van der Waals surface area contributed by atoms with Crippen LogP contribution >= 0.6 is 0 Å².